The number of carbonyl (C=O) groups excluding carboxylic acids is 2. The van der Waals surface area contributed by atoms with Crippen molar-refractivity contribution in [3.63, 3.8) is 0 Å². The van der Waals surface area contributed by atoms with E-state index in [1.165, 1.54) is 23.2 Å². The fraction of sp³-hybridized carbons (Fsp3) is 0.364. The summed E-state index contributed by atoms with van der Waals surface area (Å²) in [5.74, 6) is -1.42. The lowest BCUT2D eigenvalue weighted by molar-refractivity contribution is -0.144. The van der Waals surface area contributed by atoms with Gasteiger partial charge in [-0.1, -0.05) is 11.6 Å². The van der Waals surface area contributed by atoms with E-state index in [1.54, 1.807) is 0 Å². The Morgan fingerprint density at radius 1 is 1.37 bits per heavy atom. The first-order chi connectivity index (χ1) is 9.09. The van der Waals surface area contributed by atoms with Crippen molar-refractivity contribution in [3.8, 4) is 0 Å². The van der Waals surface area contributed by atoms with Crippen LogP contribution in [0, 0.1) is 0 Å². The third-order valence-corrected chi connectivity index (χ3v) is 3.26. The summed E-state index contributed by atoms with van der Waals surface area (Å²) in [5.41, 5.74) is 0.315. The van der Waals surface area contributed by atoms with Crippen LogP contribution in [0.25, 0.3) is 0 Å². The number of nitrogens with zero attached hydrogens (tertiary/aromatic N) is 3. The summed E-state index contributed by atoms with van der Waals surface area (Å²) < 4.78 is 0.762. The quantitative estimate of drug-likeness (QED) is 0.470. The molecule has 1 aliphatic heterocycles. The van der Waals surface area contributed by atoms with Crippen molar-refractivity contribution in [2.24, 2.45) is 0 Å². The van der Waals surface area contributed by atoms with Crippen LogP contribution in [0.5, 0.6) is 0 Å². The van der Waals surface area contributed by atoms with Gasteiger partial charge in [0.2, 0.25) is 0 Å². The van der Waals surface area contributed by atoms with E-state index in [0.717, 1.165) is 4.42 Å². The van der Waals surface area contributed by atoms with E-state index in [9.17, 15) is 9.59 Å². The largest absolute Gasteiger partial charge is 0.332 e. The summed E-state index contributed by atoms with van der Waals surface area (Å²) in [6, 6.07) is 2.92. The molecule has 2 heterocycles. The number of carbonyl (C=O) groups is 2. The molecule has 1 saturated heterocycles. The first-order valence-corrected chi connectivity index (χ1v) is 6.42. The standard InChI is InChI=1S/C11H12Cl2N4O2/c12-9-7-8(1-2-15-9)17(13)11(19)10(18)16-5-3-14-4-6-16/h1-2,7,14H,3-6H2. The highest BCUT2D eigenvalue weighted by Crippen LogP contribution is 2.19. The molecule has 1 fully saturated rings. The Kier molecular flexibility index (Phi) is 4.57. The van der Waals surface area contributed by atoms with Gasteiger partial charge in [-0.2, -0.15) is 0 Å². The van der Waals surface area contributed by atoms with E-state index in [4.69, 9.17) is 23.4 Å². The molecule has 1 aliphatic rings. The normalized spacial score (nSPS) is 15.2. The van der Waals surface area contributed by atoms with Crippen molar-refractivity contribution in [2.45, 2.75) is 0 Å². The third kappa shape index (κ3) is 3.34. The molecule has 1 aromatic heterocycles. The fourth-order valence-corrected chi connectivity index (χ4v) is 2.06. The highest BCUT2D eigenvalue weighted by molar-refractivity contribution is 6.52. The van der Waals surface area contributed by atoms with Crippen LogP contribution in [-0.2, 0) is 9.59 Å². The van der Waals surface area contributed by atoms with Gasteiger partial charge in [-0.3, -0.25) is 9.59 Å². The molecule has 2 rings (SSSR count). The summed E-state index contributed by atoms with van der Waals surface area (Å²) in [6.07, 6.45) is 1.41. The van der Waals surface area contributed by atoms with Crippen LogP contribution in [0.2, 0.25) is 5.15 Å². The first kappa shape index (κ1) is 14.0. The van der Waals surface area contributed by atoms with Gasteiger partial charge in [0, 0.05) is 50.2 Å². The second-order valence-electron chi connectivity index (χ2n) is 3.96. The fourth-order valence-electron chi connectivity index (χ4n) is 1.72. The van der Waals surface area contributed by atoms with Crippen LogP contribution >= 0.6 is 23.4 Å². The number of anilines is 1. The van der Waals surface area contributed by atoms with E-state index in [0.29, 0.717) is 31.9 Å². The predicted molar refractivity (Wildman–Crippen MR) is 72.0 cm³/mol. The molecule has 0 bridgehead atoms. The van der Waals surface area contributed by atoms with Gasteiger partial charge >= 0.3 is 11.8 Å². The molecule has 0 unspecified atom stereocenters. The SMILES string of the molecule is O=C(C(=O)N(Cl)c1ccnc(Cl)c1)N1CCNCC1. The zero-order valence-corrected chi connectivity index (χ0v) is 11.5. The Bertz CT molecular complexity index is 491. The van der Waals surface area contributed by atoms with Gasteiger partial charge in [0.25, 0.3) is 0 Å². The molecular weight excluding hydrogens is 291 g/mol. The molecule has 8 heteroatoms. The molecule has 102 valence electrons. The lowest BCUT2D eigenvalue weighted by Crippen LogP contribution is -2.50. The van der Waals surface area contributed by atoms with Crippen molar-refractivity contribution in [3.05, 3.63) is 23.5 Å². The van der Waals surface area contributed by atoms with Crippen molar-refractivity contribution in [1.82, 2.24) is 15.2 Å². The van der Waals surface area contributed by atoms with E-state index >= 15 is 0 Å². The van der Waals surface area contributed by atoms with E-state index in [1.807, 2.05) is 0 Å². The van der Waals surface area contributed by atoms with Crippen molar-refractivity contribution < 1.29 is 9.59 Å². The Morgan fingerprint density at radius 3 is 2.68 bits per heavy atom. The zero-order valence-electron chi connectivity index (χ0n) is 9.97. The lowest BCUT2D eigenvalue weighted by Gasteiger charge is -2.27. The smallest absolute Gasteiger partial charge is 0.331 e. The molecule has 1 N–H and O–H groups in total. The maximum absolute atomic E-state index is 12.0. The van der Waals surface area contributed by atoms with Crippen LogP contribution in [-0.4, -0.2) is 47.9 Å². The molecular formula is C11H12Cl2N4O2. The number of amides is 2. The molecule has 1 aromatic rings. The lowest BCUT2D eigenvalue weighted by atomic mass is 10.3. The number of pyridine rings is 1. The van der Waals surface area contributed by atoms with Crippen molar-refractivity contribution >= 4 is 40.9 Å². The highest BCUT2D eigenvalue weighted by Gasteiger charge is 2.28. The Hall–Kier alpha value is -1.37. The topological polar surface area (TPSA) is 65.5 Å². The maximum atomic E-state index is 12.0. The summed E-state index contributed by atoms with van der Waals surface area (Å²) >= 11 is 11.6. The summed E-state index contributed by atoms with van der Waals surface area (Å²) in [6.45, 7) is 2.32. The van der Waals surface area contributed by atoms with Crippen molar-refractivity contribution in [2.75, 3.05) is 30.6 Å². The van der Waals surface area contributed by atoms with Gasteiger partial charge in [-0.15, -0.1) is 0 Å². The number of aromatic nitrogens is 1. The Morgan fingerprint density at radius 2 is 2.05 bits per heavy atom. The third-order valence-electron chi connectivity index (χ3n) is 2.70. The molecule has 0 spiro atoms. The van der Waals surface area contributed by atoms with Gasteiger partial charge in [-0.25, -0.2) is 9.40 Å². The van der Waals surface area contributed by atoms with Crippen LogP contribution in [0.15, 0.2) is 18.3 Å². The summed E-state index contributed by atoms with van der Waals surface area (Å²) in [7, 11) is 0. The average molecular weight is 303 g/mol. The molecule has 6 nitrogen and oxygen atoms in total. The van der Waals surface area contributed by atoms with Gasteiger partial charge in [0.15, 0.2) is 0 Å². The van der Waals surface area contributed by atoms with E-state index in [2.05, 4.69) is 10.3 Å². The molecule has 0 aliphatic carbocycles. The minimum absolute atomic E-state index is 0.200. The Labute approximate surface area is 120 Å². The van der Waals surface area contributed by atoms with Gasteiger partial charge < -0.3 is 10.2 Å². The monoisotopic (exact) mass is 302 g/mol. The number of hydrogen-bond donors (Lipinski definition) is 1. The van der Waals surface area contributed by atoms with Crippen LogP contribution in [0.3, 0.4) is 0 Å². The van der Waals surface area contributed by atoms with E-state index in [-0.39, 0.29) is 5.15 Å². The molecule has 0 atom stereocenters. The number of halogens is 2. The number of nitrogens with one attached hydrogen (secondary N) is 1. The first-order valence-electron chi connectivity index (χ1n) is 5.71. The number of piperazine rings is 1. The average Bonchev–Trinajstić information content (AvgIpc) is 2.46. The predicted octanol–water partition coefficient (Wildman–Crippen LogP) is 0.654. The number of hydrogen-bond acceptors (Lipinski definition) is 4. The molecule has 0 radical (unpaired) electrons. The second-order valence-corrected chi connectivity index (χ2v) is 4.69. The van der Waals surface area contributed by atoms with Crippen LogP contribution in [0.1, 0.15) is 0 Å². The van der Waals surface area contributed by atoms with Gasteiger partial charge in [0.1, 0.15) is 5.15 Å². The van der Waals surface area contributed by atoms with Gasteiger partial charge in [-0.05, 0) is 6.07 Å². The van der Waals surface area contributed by atoms with Crippen LogP contribution < -0.4 is 9.74 Å². The molecule has 19 heavy (non-hydrogen) atoms. The van der Waals surface area contributed by atoms with E-state index < -0.39 is 11.8 Å². The minimum Gasteiger partial charge on any atom is -0.332 e. The minimum atomic E-state index is -0.800. The summed E-state index contributed by atoms with van der Waals surface area (Å²) in [5, 5.41) is 3.30. The van der Waals surface area contributed by atoms with Gasteiger partial charge in [0.05, 0.1) is 5.69 Å². The zero-order chi connectivity index (χ0) is 13.8. The second kappa shape index (κ2) is 6.18. The maximum Gasteiger partial charge on any atom is 0.331 e. The molecule has 2 amide bonds. The molecule has 0 saturated carbocycles. The van der Waals surface area contributed by atoms with Crippen LogP contribution in [0.4, 0.5) is 5.69 Å². The van der Waals surface area contributed by atoms with Crippen molar-refractivity contribution in [1.29, 1.82) is 0 Å². The molecule has 0 aromatic carbocycles. The number of rotatable bonds is 1. The highest BCUT2D eigenvalue weighted by atomic mass is 35.5. The Balaban J connectivity index is 2.08. The summed E-state index contributed by atoms with van der Waals surface area (Å²) in [4.78, 5) is 29.2.